The fourth-order valence-corrected chi connectivity index (χ4v) is 3.36. The topological polar surface area (TPSA) is 73.1 Å². The first-order chi connectivity index (χ1) is 13.9. The largest absolute Gasteiger partial charge is 0.352 e. The van der Waals surface area contributed by atoms with Gasteiger partial charge in [0.25, 0.3) is 5.56 Å². The second-order valence-electron chi connectivity index (χ2n) is 6.94. The van der Waals surface area contributed by atoms with Gasteiger partial charge in [-0.2, -0.15) is 0 Å². The molecule has 3 rings (SSSR count). The third kappa shape index (κ3) is 5.77. The molecular weight excluding hydrogens is 434 g/mol. The second kappa shape index (κ2) is 9.52. The van der Waals surface area contributed by atoms with Crippen molar-refractivity contribution in [2.45, 2.75) is 32.5 Å². The fraction of sp³-hybridized carbons (Fsp3) is 0.227. The maximum atomic E-state index is 12.7. The molecule has 0 aliphatic rings. The summed E-state index contributed by atoms with van der Waals surface area (Å²) in [5.74, 6) is -0.369. The van der Waals surface area contributed by atoms with Gasteiger partial charge in [-0.25, -0.2) is 4.79 Å². The number of hydrogen-bond donors (Lipinski definition) is 1. The molecule has 29 heavy (non-hydrogen) atoms. The van der Waals surface area contributed by atoms with Gasteiger partial charge in [0.05, 0.1) is 6.54 Å². The molecule has 0 radical (unpaired) electrons. The Hall–Kier alpha value is -2.93. The van der Waals surface area contributed by atoms with Crippen molar-refractivity contribution in [3.8, 4) is 0 Å². The predicted octanol–water partition coefficient (Wildman–Crippen LogP) is 2.57. The average Bonchev–Trinajstić information content (AvgIpc) is 2.70. The van der Waals surface area contributed by atoms with E-state index in [0.717, 1.165) is 20.2 Å². The molecule has 0 aliphatic carbocycles. The molecule has 1 unspecified atom stereocenters. The van der Waals surface area contributed by atoms with Crippen LogP contribution in [0.2, 0.25) is 0 Å². The third-order valence-electron chi connectivity index (χ3n) is 4.50. The molecule has 0 bridgehead atoms. The molecule has 6 nitrogen and oxygen atoms in total. The van der Waals surface area contributed by atoms with Crippen molar-refractivity contribution in [3.05, 3.63) is 103 Å². The number of carbonyl (C=O) groups excluding carboxylic acids is 1. The molecule has 0 fully saturated rings. The van der Waals surface area contributed by atoms with Crippen molar-refractivity contribution in [2.24, 2.45) is 0 Å². The molecule has 1 heterocycles. The summed E-state index contributed by atoms with van der Waals surface area (Å²) in [6, 6.07) is 18.5. The lowest BCUT2D eigenvalue weighted by Gasteiger charge is -2.15. The standard InChI is InChI=1S/C22H22BrN3O3/c1-16(13-17-7-9-19(23)10-8-17)24-20(27)15-26-21(28)11-12-25(22(26)29)14-18-5-3-2-4-6-18/h2-12,16H,13-15H2,1H3,(H,24,27). The summed E-state index contributed by atoms with van der Waals surface area (Å²) in [7, 11) is 0. The Morgan fingerprint density at radius 3 is 2.38 bits per heavy atom. The van der Waals surface area contributed by atoms with Crippen molar-refractivity contribution in [1.29, 1.82) is 0 Å². The van der Waals surface area contributed by atoms with Crippen LogP contribution in [-0.4, -0.2) is 21.1 Å². The molecule has 1 aromatic heterocycles. The van der Waals surface area contributed by atoms with E-state index in [1.54, 1.807) is 0 Å². The van der Waals surface area contributed by atoms with Crippen molar-refractivity contribution in [2.75, 3.05) is 0 Å². The van der Waals surface area contributed by atoms with Gasteiger partial charge in [-0.3, -0.25) is 18.7 Å². The Labute approximate surface area is 176 Å². The number of halogens is 1. The Morgan fingerprint density at radius 1 is 1.00 bits per heavy atom. The van der Waals surface area contributed by atoms with Crippen LogP contribution < -0.4 is 16.6 Å². The molecule has 7 heteroatoms. The highest BCUT2D eigenvalue weighted by molar-refractivity contribution is 9.10. The van der Waals surface area contributed by atoms with Gasteiger partial charge in [-0.15, -0.1) is 0 Å². The first-order valence-corrected chi connectivity index (χ1v) is 10.1. The van der Waals surface area contributed by atoms with Crippen LogP contribution in [0.1, 0.15) is 18.1 Å². The highest BCUT2D eigenvalue weighted by Crippen LogP contribution is 2.11. The summed E-state index contributed by atoms with van der Waals surface area (Å²) >= 11 is 3.40. The van der Waals surface area contributed by atoms with E-state index in [9.17, 15) is 14.4 Å². The first kappa shape index (κ1) is 20.8. The number of aromatic nitrogens is 2. The van der Waals surface area contributed by atoms with Gasteiger partial charge in [-0.05, 0) is 36.6 Å². The monoisotopic (exact) mass is 455 g/mol. The van der Waals surface area contributed by atoms with Crippen LogP contribution in [0.5, 0.6) is 0 Å². The zero-order valence-electron chi connectivity index (χ0n) is 16.0. The molecular formula is C22H22BrN3O3. The number of amides is 1. The van der Waals surface area contributed by atoms with Gasteiger partial charge in [0, 0.05) is 22.8 Å². The quantitative estimate of drug-likeness (QED) is 0.594. The van der Waals surface area contributed by atoms with Crippen LogP contribution in [0.4, 0.5) is 0 Å². The van der Waals surface area contributed by atoms with Crippen molar-refractivity contribution >= 4 is 21.8 Å². The minimum absolute atomic E-state index is 0.130. The maximum Gasteiger partial charge on any atom is 0.331 e. The molecule has 2 aromatic carbocycles. The summed E-state index contributed by atoms with van der Waals surface area (Å²) in [5.41, 5.74) is 1.03. The lowest BCUT2D eigenvalue weighted by atomic mass is 10.1. The summed E-state index contributed by atoms with van der Waals surface area (Å²) < 4.78 is 3.38. The van der Waals surface area contributed by atoms with E-state index in [4.69, 9.17) is 0 Å². The average molecular weight is 456 g/mol. The SMILES string of the molecule is CC(Cc1ccc(Br)cc1)NC(=O)Cn1c(=O)ccn(Cc2ccccc2)c1=O. The highest BCUT2D eigenvalue weighted by Gasteiger charge is 2.13. The summed E-state index contributed by atoms with van der Waals surface area (Å²) in [4.78, 5) is 37.2. The van der Waals surface area contributed by atoms with Crippen LogP contribution in [0.15, 0.2) is 80.9 Å². The summed E-state index contributed by atoms with van der Waals surface area (Å²) in [6.07, 6.45) is 2.11. The van der Waals surface area contributed by atoms with Gasteiger partial charge in [0.15, 0.2) is 0 Å². The third-order valence-corrected chi connectivity index (χ3v) is 5.03. The molecule has 0 saturated heterocycles. The van der Waals surface area contributed by atoms with Crippen LogP contribution in [0.25, 0.3) is 0 Å². The number of rotatable bonds is 7. The van der Waals surface area contributed by atoms with E-state index in [1.165, 1.54) is 16.8 Å². The van der Waals surface area contributed by atoms with E-state index < -0.39 is 11.2 Å². The van der Waals surface area contributed by atoms with Crippen LogP contribution in [0, 0.1) is 0 Å². The maximum absolute atomic E-state index is 12.7. The van der Waals surface area contributed by atoms with E-state index in [1.807, 2.05) is 61.5 Å². The predicted molar refractivity (Wildman–Crippen MR) is 116 cm³/mol. The number of nitrogens with one attached hydrogen (secondary N) is 1. The minimum Gasteiger partial charge on any atom is -0.352 e. The van der Waals surface area contributed by atoms with Crippen LogP contribution >= 0.6 is 15.9 Å². The van der Waals surface area contributed by atoms with Crippen molar-refractivity contribution < 1.29 is 4.79 Å². The fourth-order valence-electron chi connectivity index (χ4n) is 3.09. The number of nitrogens with zero attached hydrogens (tertiary/aromatic N) is 2. The Morgan fingerprint density at radius 2 is 1.69 bits per heavy atom. The van der Waals surface area contributed by atoms with E-state index in [-0.39, 0.29) is 18.5 Å². The van der Waals surface area contributed by atoms with Gasteiger partial charge in [0.1, 0.15) is 6.54 Å². The molecule has 1 N–H and O–H groups in total. The number of benzene rings is 2. The normalized spacial score (nSPS) is 11.8. The van der Waals surface area contributed by atoms with Gasteiger partial charge in [-0.1, -0.05) is 58.4 Å². The summed E-state index contributed by atoms with van der Waals surface area (Å²) in [5, 5.41) is 2.86. The van der Waals surface area contributed by atoms with Gasteiger partial charge >= 0.3 is 5.69 Å². The van der Waals surface area contributed by atoms with Crippen LogP contribution in [0.3, 0.4) is 0 Å². The first-order valence-electron chi connectivity index (χ1n) is 9.30. The Balaban J connectivity index is 1.67. The lowest BCUT2D eigenvalue weighted by Crippen LogP contribution is -2.45. The van der Waals surface area contributed by atoms with Crippen LogP contribution in [-0.2, 0) is 24.3 Å². The number of hydrogen-bond acceptors (Lipinski definition) is 3. The molecule has 150 valence electrons. The molecule has 1 atom stereocenters. The van der Waals surface area contributed by atoms with Gasteiger partial charge in [0.2, 0.25) is 5.91 Å². The van der Waals surface area contributed by atoms with Crippen molar-refractivity contribution in [3.63, 3.8) is 0 Å². The Kier molecular flexibility index (Phi) is 6.82. The number of carbonyl (C=O) groups is 1. The molecule has 0 saturated carbocycles. The minimum atomic E-state index is -0.503. The molecule has 3 aromatic rings. The second-order valence-corrected chi connectivity index (χ2v) is 7.85. The Bertz CT molecular complexity index is 1090. The zero-order valence-corrected chi connectivity index (χ0v) is 17.6. The summed E-state index contributed by atoms with van der Waals surface area (Å²) in [6.45, 7) is 1.92. The zero-order chi connectivity index (χ0) is 20.8. The molecule has 0 spiro atoms. The van der Waals surface area contributed by atoms with E-state index in [2.05, 4.69) is 21.2 Å². The molecule has 1 amide bonds. The van der Waals surface area contributed by atoms with Gasteiger partial charge < -0.3 is 5.32 Å². The highest BCUT2D eigenvalue weighted by atomic mass is 79.9. The molecule has 0 aliphatic heterocycles. The smallest absolute Gasteiger partial charge is 0.331 e. The lowest BCUT2D eigenvalue weighted by molar-refractivity contribution is -0.122. The van der Waals surface area contributed by atoms with E-state index >= 15 is 0 Å². The van der Waals surface area contributed by atoms with E-state index in [0.29, 0.717) is 13.0 Å². The van der Waals surface area contributed by atoms with Crippen molar-refractivity contribution in [1.82, 2.24) is 14.5 Å².